The molecule has 0 spiro atoms. The summed E-state index contributed by atoms with van der Waals surface area (Å²) in [5, 5.41) is 2.96. The van der Waals surface area contributed by atoms with Crippen LogP contribution < -0.4 is 5.32 Å². The first kappa shape index (κ1) is 25.8. The van der Waals surface area contributed by atoms with Crippen molar-refractivity contribution in [3.63, 3.8) is 0 Å². The van der Waals surface area contributed by atoms with Gasteiger partial charge in [0.2, 0.25) is 0 Å². The third kappa shape index (κ3) is 11.7. The van der Waals surface area contributed by atoms with Crippen molar-refractivity contribution < 1.29 is 19.1 Å². The molecule has 0 bridgehead atoms. The van der Waals surface area contributed by atoms with E-state index in [0.29, 0.717) is 19.0 Å². The van der Waals surface area contributed by atoms with Gasteiger partial charge in [-0.15, -0.1) is 0 Å². The Morgan fingerprint density at radius 1 is 1.10 bits per heavy atom. The summed E-state index contributed by atoms with van der Waals surface area (Å²) in [7, 11) is 0. The van der Waals surface area contributed by atoms with Crippen molar-refractivity contribution in [2.75, 3.05) is 13.1 Å². The Kier molecular flexibility index (Phi) is 11.3. The summed E-state index contributed by atoms with van der Waals surface area (Å²) in [5.74, 6) is 0.500. The van der Waals surface area contributed by atoms with Crippen molar-refractivity contribution in [3.05, 3.63) is 35.9 Å². The van der Waals surface area contributed by atoms with E-state index >= 15 is 0 Å². The predicted molar refractivity (Wildman–Crippen MR) is 120 cm³/mol. The average Bonchev–Trinajstić information content (AvgIpc) is 2.66. The first-order chi connectivity index (χ1) is 14.1. The molecule has 1 N–H and O–H groups in total. The number of carbonyl (C=O) groups excluding carboxylic acids is 2. The Morgan fingerprint density at radius 3 is 2.33 bits per heavy atom. The predicted octanol–water partition coefficient (Wildman–Crippen LogP) is 5.75. The molecule has 1 unspecified atom stereocenters. The number of unbranched alkanes of at least 4 members (excludes halogenated alkanes) is 1. The molecular weight excluding hydrogens is 380 g/mol. The molecule has 0 saturated heterocycles. The maximum atomic E-state index is 12.7. The van der Waals surface area contributed by atoms with Crippen molar-refractivity contribution in [1.29, 1.82) is 0 Å². The molecule has 6 heteroatoms. The topological polar surface area (TPSA) is 67.9 Å². The van der Waals surface area contributed by atoms with Gasteiger partial charge in [-0.05, 0) is 51.5 Å². The van der Waals surface area contributed by atoms with Crippen LogP contribution in [0.3, 0.4) is 0 Å². The van der Waals surface area contributed by atoms with Gasteiger partial charge < -0.3 is 19.7 Å². The lowest BCUT2D eigenvalue weighted by atomic mass is 10.0. The first-order valence-electron chi connectivity index (χ1n) is 11.1. The van der Waals surface area contributed by atoms with E-state index in [0.717, 1.165) is 31.2 Å². The Morgan fingerprint density at radius 2 is 1.77 bits per heavy atom. The molecule has 1 atom stereocenters. The number of hydrogen-bond donors (Lipinski definition) is 1. The number of rotatable bonds is 11. The van der Waals surface area contributed by atoms with Crippen LogP contribution in [0.1, 0.15) is 72.8 Å². The fourth-order valence-electron chi connectivity index (χ4n) is 2.87. The van der Waals surface area contributed by atoms with Crippen LogP contribution in [0.4, 0.5) is 9.59 Å². The Hall–Kier alpha value is -2.24. The highest BCUT2D eigenvalue weighted by atomic mass is 16.6. The van der Waals surface area contributed by atoms with Crippen molar-refractivity contribution in [2.45, 2.75) is 85.5 Å². The molecule has 0 saturated carbocycles. The zero-order chi connectivity index (χ0) is 22.6. The molecule has 0 radical (unpaired) electrons. The number of carbonyl (C=O) groups is 2. The van der Waals surface area contributed by atoms with Gasteiger partial charge in [-0.25, -0.2) is 9.59 Å². The van der Waals surface area contributed by atoms with Crippen LogP contribution in [-0.4, -0.2) is 41.8 Å². The summed E-state index contributed by atoms with van der Waals surface area (Å²) in [5.41, 5.74) is 0.376. The molecule has 170 valence electrons. The minimum atomic E-state index is -0.559. The quantitative estimate of drug-likeness (QED) is 0.494. The van der Waals surface area contributed by atoms with Crippen LogP contribution in [0.5, 0.6) is 0 Å². The van der Waals surface area contributed by atoms with Crippen molar-refractivity contribution >= 4 is 12.2 Å². The Bertz CT molecular complexity index is 626. The molecule has 2 amide bonds. The summed E-state index contributed by atoms with van der Waals surface area (Å²) >= 11 is 0. The summed E-state index contributed by atoms with van der Waals surface area (Å²) in [6.45, 7) is 13.2. The summed E-state index contributed by atoms with van der Waals surface area (Å²) in [4.78, 5) is 26.8. The van der Waals surface area contributed by atoms with E-state index in [4.69, 9.17) is 9.47 Å². The van der Waals surface area contributed by atoms with Crippen LogP contribution in [0.25, 0.3) is 0 Å². The summed E-state index contributed by atoms with van der Waals surface area (Å²) in [6, 6.07) is 9.38. The van der Waals surface area contributed by atoms with E-state index in [-0.39, 0.29) is 18.7 Å². The van der Waals surface area contributed by atoms with E-state index in [1.165, 1.54) is 0 Å². The summed E-state index contributed by atoms with van der Waals surface area (Å²) in [6.07, 6.45) is 2.76. The lowest BCUT2D eigenvalue weighted by Crippen LogP contribution is -2.47. The minimum Gasteiger partial charge on any atom is -0.445 e. The van der Waals surface area contributed by atoms with Gasteiger partial charge in [0.15, 0.2) is 0 Å². The van der Waals surface area contributed by atoms with Gasteiger partial charge in [-0.3, -0.25) is 0 Å². The normalized spacial score (nSPS) is 12.4. The van der Waals surface area contributed by atoms with E-state index in [9.17, 15) is 9.59 Å². The molecular formula is C24H40N2O4. The molecule has 1 rings (SSSR count). The maximum absolute atomic E-state index is 12.7. The molecule has 0 aliphatic carbocycles. The number of nitrogens with zero attached hydrogens (tertiary/aromatic N) is 1. The fourth-order valence-corrected chi connectivity index (χ4v) is 2.87. The van der Waals surface area contributed by atoms with E-state index < -0.39 is 11.7 Å². The second kappa shape index (κ2) is 13.1. The average molecular weight is 421 g/mol. The van der Waals surface area contributed by atoms with Gasteiger partial charge >= 0.3 is 12.2 Å². The van der Waals surface area contributed by atoms with Gasteiger partial charge in [0.05, 0.1) is 0 Å². The monoisotopic (exact) mass is 420 g/mol. The lowest BCUT2D eigenvalue weighted by molar-refractivity contribution is 0.0223. The number of benzene rings is 1. The highest BCUT2D eigenvalue weighted by Crippen LogP contribution is 2.14. The third-order valence-electron chi connectivity index (χ3n) is 4.50. The zero-order valence-corrected chi connectivity index (χ0v) is 19.6. The second-order valence-electron chi connectivity index (χ2n) is 9.15. The van der Waals surface area contributed by atoms with Crippen LogP contribution in [-0.2, 0) is 16.1 Å². The van der Waals surface area contributed by atoms with E-state index in [1.807, 2.05) is 51.1 Å². The molecule has 6 nitrogen and oxygen atoms in total. The smallest absolute Gasteiger partial charge is 0.410 e. The SMILES string of the molecule is CCCCN(CC(CCC(C)C)NC(=O)OCc1ccccc1)C(=O)OC(C)(C)C. The highest BCUT2D eigenvalue weighted by Gasteiger charge is 2.25. The van der Waals surface area contributed by atoms with Crippen LogP contribution in [0.2, 0.25) is 0 Å². The highest BCUT2D eigenvalue weighted by molar-refractivity contribution is 5.69. The van der Waals surface area contributed by atoms with Crippen molar-refractivity contribution in [3.8, 4) is 0 Å². The number of hydrogen-bond acceptors (Lipinski definition) is 4. The lowest BCUT2D eigenvalue weighted by Gasteiger charge is -2.31. The number of nitrogens with one attached hydrogen (secondary N) is 1. The Labute approximate surface area is 182 Å². The Balaban J connectivity index is 2.75. The molecule has 1 aromatic rings. The minimum absolute atomic E-state index is 0.194. The van der Waals surface area contributed by atoms with E-state index in [2.05, 4.69) is 26.1 Å². The number of amides is 2. The molecule has 0 aliphatic rings. The first-order valence-corrected chi connectivity index (χ1v) is 11.1. The third-order valence-corrected chi connectivity index (χ3v) is 4.50. The molecule has 0 fully saturated rings. The van der Waals surface area contributed by atoms with Crippen LogP contribution >= 0.6 is 0 Å². The molecule has 30 heavy (non-hydrogen) atoms. The van der Waals surface area contributed by atoms with Crippen LogP contribution in [0, 0.1) is 5.92 Å². The standard InChI is InChI=1S/C24H40N2O4/c1-7-8-16-26(23(28)30-24(4,5)6)17-21(15-14-19(2)3)25-22(27)29-18-20-12-10-9-11-13-20/h9-13,19,21H,7-8,14-18H2,1-6H3,(H,25,27). The molecule has 0 heterocycles. The molecule has 0 aliphatic heterocycles. The van der Waals surface area contributed by atoms with Crippen molar-refractivity contribution in [2.24, 2.45) is 5.92 Å². The second-order valence-corrected chi connectivity index (χ2v) is 9.15. The molecule has 1 aromatic carbocycles. The van der Waals surface area contributed by atoms with Gasteiger partial charge in [-0.1, -0.05) is 57.5 Å². The van der Waals surface area contributed by atoms with Gasteiger partial charge in [0, 0.05) is 19.1 Å². The zero-order valence-electron chi connectivity index (χ0n) is 19.6. The molecule has 0 aromatic heterocycles. The van der Waals surface area contributed by atoms with Crippen LogP contribution in [0.15, 0.2) is 30.3 Å². The maximum Gasteiger partial charge on any atom is 0.410 e. The number of ether oxygens (including phenoxy) is 2. The van der Waals surface area contributed by atoms with Gasteiger partial charge in [-0.2, -0.15) is 0 Å². The van der Waals surface area contributed by atoms with Gasteiger partial charge in [0.1, 0.15) is 12.2 Å². The number of alkyl carbamates (subject to hydrolysis) is 1. The van der Waals surface area contributed by atoms with E-state index in [1.54, 1.807) is 4.90 Å². The summed E-state index contributed by atoms with van der Waals surface area (Å²) < 4.78 is 11.0. The van der Waals surface area contributed by atoms with Gasteiger partial charge in [0.25, 0.3) is 0 Å². The van der Waals surface area contributed by atoms with Crippen molar-refractivity contribution in [1.82, 2.24) is 10.2 Å². The fraction of sp³-hybridized carbons (Fsp3) is 0.667. The largest absolute Gasteiger partial charge is 0.445 e.